The second-order valence-electron chi connectivity index (χ2n) is 2.22. The van der Waals surface area contributed by atoms with Crippen LogP contribution in [0.5, 0.6) is 5.75 Å². The smallest absolute Gasteiger partial charge is 0.166 e. The molecule has 0 aliphatic rings. The van der Waals surface area contributed by atoms with Crippen LogP contribution in [-0.2, 0) is 0 Å². The molecule has 0 saturated carbocycles. The van der Waals surface area contributed by atoms with Crippen LogP contribution in [-0.4, -0.2) is 11.7 Å². The number of benzene rings is 1. The van der Waals surface area contributed by atoms with E-state index in [0.717, 1.165) is 0 Å². The third kappa shape index (κ3) is 1.89. The Balaban J connectivity index is 2.77. The van der Waals surface area contributed by atoms with E-state index in [1.54, 1.807) is 6.07 Å². The minimum atomic E-state index is -0.656. The van der Waals surface area contributed by atoms with Gasteiger partial charge in [-0.05, 0) is 12.1 Å². The molecule has 0 fully saturated rings. The number of rotatable bonds is 2. The van der Waals surface area contributed by atoms with Gasteiger partial charge in [-0.25, -0.2) is 4.39 Å². The lowest BCUT2D eigenvalue weighted by Crippen LogP contribution is -1.98. The van der Waals surface area contributed by atoms with Gasteiger partial charge in [0.25, 0.3) is 0 Å². The molecule has 0 aromatic heterocycles. The van der Waals surface area contributed by atoms with Crippen LogP contribution in [0.15, 0.2) is 18.2 Å². The maximum atomic E-state index is 12.7. The molecular formula is C9H8FNO. The van der Waals surface area contributed by atoms with E-state index in [9.17, 15) is 4.39 Å². The van der Waals surface area contributed by atoms with Crippen LogP contribution in [0.2, 0.25) is 0 Å². The predicted molar refractivity (Wildman–Crippen MR) is 45.4 cm³/mol. The quantitative estimate of drug-likeness (QED) is 0.515. The maximum absolute atomic E-state index is 12.7. The van der Waals surface area contributed by atoms with Crippen molar-refractivity contribution in [1.82, 2.24) is 0 Å². The van der Waals surface area contributed by atoms with E-state index < -0.39 is 5.82 Å². The first-order chi connectivity index (χ1) is 5.74. The van der Waals surface area contributed by atoms with Gasteiger partial charge in [-0.3, -0.25) is 0 Å². The fourth-order valence-corrected chi connectivity index (χ4v) is 0.770. The maximum Gasteiger partial charge on any atom is 0.166 e. The van der Waals surface area contributed by atoms with Crippen LogP contribution in [0.3, 0.4) is 0 Å². The van der Waals surface area contributed by atoms with Gasteiger partial charge in [-0.1, -0.05) is 5.92 Å². The van der Waals surface area contributed by atoms with E-state index in [2.05, 4.69) is 11.2 Å². The van der Waals surface area contributed by atoms with Gasteiger partial charge < -0.3 is 10.4 Å². The first-order valence-electron chi connectivity index (χ1n) is 3.40. The molecule has 0 bridgehead atoms. The Hall–Kier alpha value is -1.69. The molecule has 0 aliphatic carbocycles. The van der Waals surface area contributed by atoms with Crippen molar-refractivity contribution in [3.63, 3.8) is 0 Å². The summed E-state index contributed by atoms with van der Waals surface area (Å²) >= 11 is 0. The van der Waals surface area contributed by atoms with E-state index in [0.29, 0.717) is 12.2 Å². The van der Waals surface area contributed by atoms with E-state index in [1.165, 1.54) is 12.1 Å². The number of hydrogen-bond acceptors (Lipinski definition) is 2. The molecule has 1 rings (SSSR count). The van der Waals surface area contributed by atoms with Gasteiger partial charge >= 0.3 is 0 Å². The van der Waals surface area contributed by atoms with Gasteiger partial charge in [0.05, 0.1) is 6.54 Å². The summed E-state index contributed by atoms with van der Waals surface area (Å²) in [5.41, 5.74) is 0.559. The molecule has 62 valence electrons. The van der Waals surface area contributed by atoms with Crippen molar-refractivity contribution in [3.05, 3.63) is 24.0 Å². The highest BCUT2D eigenvalue weighted by Gasteiger charge is 1.99. The summed E-state index contributed by atoms with van der Waals surface area (Å²) in [6.45, 7) is 0.338. The number of terminal acetylenes is 1. The lowest BCUT2D eigenvalue weighted by atomic mass is 10.3. The Morgan fingerprint density at radius 2 is 2.33 bits per heavy atom. The molecule has 0 atom stereocenters. The Morgan fingerprint density at radius 1 is 1.58 bits per heavy atom. The number of anilines is 1. The van der Waals surface area contributed by atoms with Crippen molar-refractivity contribution >= 4 is 5.69 Å². The fourth-order valence-electron chi connectivity index (χ4n) is 0.770. The molecule has 2 nitrogen and oxygen atoms in total. The van der Waals surface area contributed by atoms with Crippen molar-refractivity contribution in [3.8, 4) is 18.1 Å². The van der Waals surface area contributed by atoms with Crippen LogP contribution in [0.4, 0.5) is 10.1 Å². The Kier molecular flexibility index (Phi) is 2.54. The van der Waals surface area contributed by atoms with Crippen LogP contribution >= 0.6 is 0 Å². The normalized spacial score (nSPS) is 9.00. The SMILES string of the molecule is C#CCNc1ccc(O)c(F)c1. The van der Waals surface area contributed by atoms with E-state index >= 15 is 0 Å². The second-order valence-corrected chi connectivity index (χ2v) is 2.22. The van der Waals surface area contributed by atoms with Crippen LogP contribution < -0.4 is 5.32 Å². The number of nitrogens with one attached hydrogen (secondary N) is 1. The zero-order valence-electron chi connectivity index (χ0n) is 6.34. The summed E-state index contributed by atoms with van der Waals surface area (Å²) in [5, 5.41) is 11.6. The summed E-state index contributed by atoms with van der Waals surface area (Å²) in [6, 6.07) is 4.01. The van der Waals surface area contributed by atoms with Crippen molar-refractivity contribution in [2.75, 3.05) is 11.9 Å². The molecule has 0 saturated heterocycles. The van der Waals surface area contributed by atoms with E-state index in [4.69, 9.17) is 11.5 Å². The number of phenolic OH excluding ortho intramolecular Hbond substituents is 1. The van der Waals surface area contributed by atoms with Gasteiger partial charge in [-0.2, -0.15) is 0 Å². The highest BCUT2D eigenvalue weighted by atomic mass is 19.1. The Morgan fingerprint density at radius 3 is 2.92 bits per heavy atom. The molecule has 0 unspecified atom stereocenters. The van der Waals surface area contributed by atoms with Gasteiger partial charge in [0, 0.05) is 11.8 Å². The Bertz CT molecular complexity index is 317. The van der Waals surface area contributed by atoms with Crippen molar-refractivity contribution in [2.45, 2.75) is 0 Å². The largest absolute Gasteiger partial charge is 0.505 e. The standard InChI is InChI=1S/C9H8FNO/c1-2-5-11-7-3-4-9(12)8(10)6-7/h1,3-4,6,11-12H,5H2. The number of halogens is 1. The second kappa shape index (κ2) is 3.63. The van der Waals surface area contributed by atoms with Crippen molar-refractivity contribution in [2.24, 2.45) is 0 Å². The zero-order chi connectivity index (χ0) is 8.97. The molecule has 0 spiro atoms. The molecule has 0 aliphatic heterocycles. The molecule has 0 heterocycles. The van der Waals surface area contributed by atoms with Crippen LogP contribution in [0.1, 0.15) is 0 Å². The van der Waals surface area contributed by atoms with Gasteiger partial charge in [0.1, 0.15) is 0 Å². The van der Waals surface area contributed by atoms with Crippen LogP contribution in [0, 0.1) is 18.2 Å². The first-order valence-corrected chi connectivity index (χ1v) is 3.40. The lowest BCUT2D eigenvalue weighted by molar-refractivity contribution is 0.432. The molecule has 1 aromatic rings. The summed E-state index contributed by atoms with van der Waals surface area (Å²) < 4.78 is 12.7. The minimum Gasteiger partial charge on any atom is -0.505 e. The number of aromatic hydroxyl groups is 1. The molecule has 2 N–H and O–H groups in total. The minimum absolute atomic E-state index is 0.338. The van der Waals surface area contributed by atoms with Gasteiger partial charge in [0.2, 0.25) is 0 Å². The first kappa shape index (κ1) is 8.41. The molecule has 0 radical (unpaired) electrons. The monoisotopic (exact) mass is 165 g/mol. The third-order valence-electron chi connectivity index (χ3n) is 1.34. The summed E-state index contributed by atoms with van der Waals surface area (Å²) in [6.07, 6.45) is 4.99. The van der Waals surface area contributed by atoms with E-state index in [-0.39, 0.29) is 5.75 Å². The van der Waals surface area contributed by atoms with Crippen LogP contribution in [0.25, 0.3) is 0 Å². The molecule has 12 heavy (non-hydrogen) atoms. The average Bonchev–Trinajstić information content (AvgIpc) is 2.07. The summed E-state index contributed by atoms with van der Waals surface area (Å²) in [4.78, 5) is 0. The molecular weight excluding hydrogens is 157 g/mol. The molecule has 1 aromatic carbocycles. The lowest BCUT2D eigenvalue weighted by Gasteiger charge is -2.02. The fraction of sp³-hybridized carbons (Fsp3) is 0.111. The predicted octanol–water partition coefficient (Wildman–Crippen LogP) is 1.58. The molecule has 0 amide bonds. The van der Waals surface area contributed by atoms with Crippen molar-refractivity contribution in [1.29, 1.82) is 0 Å². The zero-order valence-corrected chi connectivity index (χ0v) is 6.34. The number of hydrogen-bond donors (Lipinski definition) is 2. The topological polar surface area (TPSA) is 32.3 Å². The Labute approximate surface area is 70.0 Å². The summed E-state index contributed by atoms with van der Waals surface area (Å²) in [7, 11) is 0. The van der Waals surface area contributed by atoms with E-state index in [1.807, 2.05) is 0 Å². The van der Waals surface area contributed by atoms with Gasteiger partial charge in [-0.15, -0.1) is 6.42 Å². The molecule has 3 heteroatoms. The van der Waals surface area contributed by atoms with Crippen molar-refractivity contribution < 1.29 is 9.50 Å². The average molecular weight is 165 g/mol. The third-order valence-corrected chi connectivity index (χ3v) is 1.34. The highest BCUT2D eigenvalue weighted by molar-refractivity contribution is 5.47. The van der Waals surface area contributed by atoms with Gasteiger partial charge in [0.15, 0.2) is 11.6 Å². The summed E-state index contributed by atoms with van der Waals surface area (Å²) in [5.74, 6) is 1.34. The number of phenols is 1. The highest BCUT2D eigenvalue weighted by Crippen LogP contribution is 2.18.